The fourth-order valence-electron chi connectivity index (χ4n) is 0.663. The van der Waals surface area contributed by atoms with Crippen LogP contribution in [0, 0.1) is 5.82 Å². The lowest BCUT2D eigenvalue weighted by Crippen LogP contribution is -2.18. The average molecular weight is 226 g/mol. The summed E-state index contributed by atoms with van der Waals surface area (Å²) in [7, 11) is -4.09. The fourth-order valence-corrected chi connectivity index (χ4v) is 1.21. The second-order valence-electron chi connectivity index (χ2n) is 2.15. The molecule has 0 bridgehead atoms. The molecule has 0 atom stereocenters. The van der Waals surface area contributed by atoms with Gasteiger partial charge in [-0.3, -0.25) is 0 Å². The number of halogens is 2. The third-order valence-corrected chi connectivity index (χ3v) is 1.82. The summed E-state index contributed by atoms with van der Waals surface area (Å²) in [5.41, 5.74) is 0. The van der Waals surface area contributed by atoms with Gasteiger partial charge in [-0.05, 0) is 12.1 Å². The molecule has 72 valence electrons. The van der Waals surface area contributed by atoms with E-state index in [4.69, 9.17) is 11.6 Å². The van der Waals surface area contributed by atoms with Gasteiger partial charge in [0.1, 0.15) is 11.6 Å². The molecule has 0 aliphatic heterocycles. The van der Waals surface area contributed by atoms with E-state index in [1.54, 1.807) is 0 Å². The topological polar surface area (TPSA) is 69.4 Å². The minimum absolute atomic E-state index is 0.131. The standard InChI is InChI=1S/C6H5ClFNO3S/c7-5-3-4(1-2-6(5)8)12-13(9,10)11/h1-3H,(H2,9,10,11). The molecule has 0 saturated heterocycles. The van der Waals surface area contributed by atoms with Gasteiger partial charge in [0.2, 0.25) is 0 Å². The van der Waals surface area contributed by atoms with Gasteiger partial charge in [0.05, 0.1) is 5.02 Å². The molecule has 0 aromatic heterocycles. The molecule has 0 spiro atoms. The predicted molar refractivity (Wildman–Crippen MR) is 45.1 cm³/mol. The Balaban J connectivity index is 2.99. The smallest absolute Gasteiger partial charge is 0.371 e. The van der Waals surface area contributed by atoms with Gasteiger partial charge < -0.3 is 4.18 Å². The number of hydrogen-bond donors (Lipinski definition) is 1. The summed E-state index contributed by atoms with van der Waals surface area (Å²) in [6.45, 7) is 0. The Kier molecular flexibility index (Phi) is 2.74. The van der Waals surface area contributed by atoms with Crippen molar-refractivity contribution in [2.45, 2.75) is 0 Å². The normalized spacial score (nSPS) is 11.3. The van der Waals surface area contributed by atoms with E-state index in [2.05, 4.69) is 9.32 Å². The zero-order valence-electron chi connectivity index (χ0n) is 6.20. The molecule has 1 aromatic carbocycles. The minimum atomic E-state index is -4.09. The summed E-state index contributed by atoms with van der Waals surface area (Å²) in [6, 6.07) is 3.09. The molecule has 0 amide bonds. The van der Waals surface area contributed by atoms with Gasteiger partial charge in [-0.25, -0.2) is 4.39 Å². The molecule has 0 radical (unpaired) electrons. The monoisotopic (exact) mass is 225 g/mol. The summed E-state index contributed by atoms with van der Waals surface area (Å²) >= 11 is 5.35. The highest BCUT2D eigenvalue weighted by molar-refractivity contribution is 7.84. The second-order valence-corrected chi connectivity index (χ2v) is 3.71. The van der Waals surface area contributed by atoms with Gasteiger partial charge in [-0.1, -0.05) is 11.6 Å². The van der Waals surface area contributed by atoms with Crippen molar-refractivity contribution >= 4 is 21.9 Å². The van der Waals surface area contributed by atoms with Crippen molar-refractivity contribution in [2.75, 3.05) is 0 Å². The second kappa shape index (κ2) is 3.49. The van der Waals surface area contributed by atoms with Crippen LogP contribution in [0.4, 0.5) is 4.39 Å². The predicted octanol–water partition coefficient (Wildman–Crippen LogP) is 1.06. The highest BCUT2D eigenvalue weighted by Crippen LogP contribution is 2.21. The van der Waals surface area contributed by atoms with Crippen molar-refractivity contribution in [3.8, 4) is 5.75 Å². The third-order valence-electron chi connectivity index (χ3n) is 1.10. The van der Waals surface area contributed by atoms with Crippen molar-refractivity contribution in [3.05, 3.63) is 29.0 Å². The molecule has 4 nitrogen and oxygen atoms in total. The quantitative estimate of drug-likeness (QED) is 0.818. The Morgan fingerprint density at radius 3 is 2.54 bits per heavy atom. The molecule has 0 saturated carbocycles. The van der Waals surface area contributed by atoms with Crippen LogP contribution in [0.3, 0.4) is 0 Å². The molecule has 0 heterocycles. The lowest BCUT2D eigenvalue weighted by Gasteiger charge is -2.02. The Labute approximate surface area is 79.3 Å². The zero-order chi connectivity index (χ0) is 10.1. The first-order chi connectivity index (χ1) is 5.88. The number of benzene rings is 1. The fraction of sp³-hybridized carbons (Fsp3) is 0. The first kappa shape index (κ1) is 10.2. The van der Waals surface area contributed by atoms with Gasteiger partial charge >= 0.3 is 10.3 Å². The van der Waals surface area contributed by atoms with Gasteiger partial charge in [-0.2, -0.15) is 13.6 Å². The van der Waals surface area contributed by atoms with Crippen LogP contribution in [0.15, 0.2) is 18.2 Å². The minimum Gasteiger partial charge on any atom is -0.371 e. The summed E-state index contributed by atoms with van der Waals surface area (Å²) in [5, 5.41) is 4.33. The Hall–Kier alpha value is -0.850. The van der Waals surface area contributed by atoms with Crippen molar-refractivity contribution in [3.63, 3.8) is 0 Å². The summed E-state index contributed by atoms with van der Waals surface area (Å²) in [6.07, 6.45) is 0. The van der Waals surface area contributed by atoms with E-state index in [0.717, 1.165) is 18.2 Å². The number of hydrogen-bond acceptors (Lipinski definition) is 3. The Morgan fingerprint density at radius 1 is 1.46 bits per heavy atom. The molecule has 1 aromatic rings. The lowest BCUT2D eigenvalue weighted by atomic mass is 10.3. The molecular weight excluding hydrogens is 221 g/mol. The van der Waals surface area contributed by atoms with E-state index in [1.807, 2.05) is 0 Å². The van der Waals surface area contributed by atoms with E-state index in [1.165, 1.54) is 0 Å². The van der Waals surface area contributed by atoms with Crippen molar-refractivity contribution < 1.29 is 17.0 Å². The van der Waals surface area contributed by atoms with Crippen LogP contribution in [0.5, 0.6) is 5.75 Å². The lowest BCUT2D eigenvalue weighted by molar-refractivity contribution is 0.486. The maximum atomic E-state index is 12.6. The SMILES string of the molecule is NS(=O)(=O)Oc1ccc(F)c(Cl)c1. The molecule has 0 fully saturated rings. The molecule has 0 unspecified atom stereocenters. The maximum absolute atomic E-state index is 12.6. The molecule has 0 aliphatic carbocycles. The van der Waals surface area contributed by atoms with Gasteiger partial charge in [0.25, 0.3) is 0 Å². The van der Waals surface area contributed by atoms with E-state index in [-0.39, 0.29) is 10.8 Å². The van der Waals surface area contributed by atoms with Crippen LogP contribution in [-0.2, 0) is 10.3 Å². The summed E-state index contributed by atoms with van der Waals surface area (Å²) < 4.78 is 37.6. The third kappa shape index (κ3) is 3.17. The average Bonchev–Trinajstić information content (AvgIpc) is 1.94. The van der Waals surface area contributed by atoms with Crippen LogP contribution in [0.25, 0.3) is 0 Å². The van der Waals surface area contributed by atoms with Gasteiger partial charge in [0.15, 0.2) is 0 Å². The molecule has 0 aliphatic rings. The molecule has 7 heteroatoms. The van der Waals surface area contributed by atoms with Crippen molar-refractivity contribution in [2.24, 2.45) is 5.14 Å². The largest absolute Gasteiger partial charge is 0.380 e. The molecule has 2 N–H and O–H groups in total. The van der Waals surface area contributed by atoms with Crippen LogP contribution in [-0.4, -0.2) is 8.42 Å². The van der Waals surface area contributed by atoms with E-state index < -0.39 is 16.1 Å². The molecular formula is C6H5ClFNO3S. The molecule has 13 heavy (non-hydrogen) atoms. The maximum Gasteiger partial charge on any atom is 0.380 e. The van der Waals surface area contributed by atoms with E-state index in [9.17, 15) is 12.8 Å². The first-order valence-electron chi connectivity index (χ1n) is 3.06. The van der Waals surface area contributed by atoms with Crippen LogP contribution in [0.1, 0.15) is 0 Å². The zero-order valence-corrected chi connectivity index (χ0v) is 7.77. The van der Waals surface area contributed by atoms with Crippen molar-refractivity contribution in [1.29, 1.82) is 0 Å². The van der Waals surface area contributed by atoms with Gasteiger partial charge in [-0.15, -0.1) is 0 Å². The number of rotatable bonds is 2. The summed E-state index contributed by atoms with van der Waals surface area (Å²) in [4.78, 5) is 0. The Morgan fingerprint density at radius 2 is 2.08 bits per heavy atom. The van der Waals surface area contributed by atoms with E-state index in [0.29, 0.717) is 0 Å². The molecule has 1 rings (SSSR count). The van der Waals surface area contributed by atoms with Crippen LogP contribution in [0.2, 0.25) is 5.02 Å². The van der Waals surface area contributed by atoms with E-state index >= 15 is 0 Å². The van der Waals surface area contributed by atoms with Crippen LogP contribution >= 0.6 is 11.6 Å². The first-order valence-corrected chi connectivity index (χ1v) is 4.91. The number of nitrogens with two attached hydrogens (primary N) is 1. The highest BCUT2D eigenvalue weighted by Gasteiger charge is 2.07. The summed E-state index contributed by atoms with van der Waals surface area (Å²) in [5.74, 6) is -0.794. The van der Waals surface area contributed by atoms with Crippen molar-refractivity contribution in [1.82, 2.24) is 0 Å². The van der Waals surface area contributed by atoms with Gasteiger partial charge in [0, 0.05) is 6.07 Å². The highest BCUT2D eigenvalue weighted by atomic mass is 35.5. The Bertz CT molecular complexity index is 420. The van der Waals surface area contributed by atoms with Crippen LogP contribution < -0.4 is 9.32 Å².